The standard InChI is InChI=1S/C32H45N3/c1-3-5-7-9-10-11-13-14-16-27-18-23-31(33-24-27)29-19-21-30(22-20-29)32-34-25-28(26-35-32)17-15-12-8-6-4-2/h18-26H,3-17H2,1-2H3. The molecule has 2 aromatic heterocycles. The Labute approximate surface area is 213 Å². The van der Waals surface area contributed by atoms with Gasteiger partial charge in [-0.15, -0.1) is 0 Å². The molecule has 2 heterocycles. The first kappa shape index (κ1) is 27.0. The molecular weight excluding hydrogens is 426 g/mol. The summed E-state index contributed by atoms with van der Waals surface area (Å²) in [5.41, 5.74) is 5.79. The fraction of sp³-hybridized carbons (Fsp3) is 0.531. The topological polar surface area (TPSA) is 38.7 Å². The van der Waals surface area contributed by atoms with Crippen LogP contribution in [0.25, 0.3) is 22.6 Å². The number of benzene rings is 1. The largest absolute Gasteiger partial charge is 0.256 e. The highest BCUT2D eigenvalue weighted by Gasteiger charge is 2.05. The summed E-state index contributed by atoms with van der Waals surface area (Å²) in [6.07, 6.45) is 25.6. The van der Waals surface area contributed by atoms with E-state index in [1.165, 1.54) is 94.6 Å². The van der Waals surface area contributed by atoms with Crippen LogP contribution in [0.4, 0.5) is 0 Å². The van der Waals surface area contributed by atoms with E-state index in [1.807, 2.05) is 12.4 Å². The Kier molecular flexibility index (Phi) is 12.5. The minimum absolute atomic E-state index is 0.792. The molecule has 0 aliphatic rings. The van der Waals surface area contributed by atoms with Gasteiger partial charge in [0, 0.05) is 29.7 Å². The summed E-state index contributed by atoms with van der Waals surface area (Å²) in [5.74, 6) is 0.792. The predicted octanol–water partition coefficient (Wildman–Crippen LogP) is 9.40. The Hall–Kier alpha value is -2.55. The van der Waals surface area contributed by atoms with Crippen molar-refractivity contribution >= 4 is 0 Å². The molecule has 3 aromatic rings. The van der Waals surface area contributed by atoms with Crippen molar-refractivity contribution in [2.45, 2.75) is 110 Å². The van der Waals surface area contributed by atoms with Crippen molar-refractivity contribution in [1.29, 1.82) is 0 Å². The van der Waals surface area contributed by atoms with Gasteiger partial charge in [0.1, 0.15) is 0 Å². The minimum Gasteiger partial charge on any atom is -0.256 e. The molecule has 0 radical (unpaired) electrons. The second kappa shape index (κ2) is 16.2. The summed E-state index contributed by atoms with van der Waals surface area (Å²) < 4.78 is 0. The maximum absolute atomic E-state index is 4.73. The Morgan fingerprint density at radius 2 is 0.943 bits per heavy atom. The van der Waals surface area contributed by atoms with E-state index in [0.29, 0.717) is 0 Å². The molecule has 3 nitrogen and oxygen atoms in total. The molecule has 0 atom stereocenters. The Morgan fingerprint density at radius 3 is 1.49 bits per heavy atom. The summed E-state index contributed by atoms with van der Waals surface area (Å²) in [5, 5.41) is 0. The monoisotopic (exact) mass is 471 g/mol. The predicted molar refractivity (Wildman–Crippen MR) is 149 cm³/mol. The van der Waals surface area contributed by atoms with Crippen LogP contribution in [0.15, 0.2) is 55.0 Å². The van der Waals surface area contributed by atoms with E-state index in [1.54, 1.807) is 0 Å². The van der Waals surface area contributed by atoms with Gasteiger partial charge < -0.3 is 0 Å². The van der Waals surface area contributed by atoms with Crippen LogP contribution in [0.1, 0.15) is 108 Å². The summed E-state index contributed by atoms with van der Waals surface area (Å²) in [6.45, 7) is 4.53. The van der Waals surface area contributed by atoms with Gasteiger partial charge in [-0.05, 0) is 42.9 Å². The van der Waals surface area contributed by atoms with Crippen LogP contribution in [0.5, 0.6) is 0 Å². The van der Waals surface area contributed by atoms with Gasteiger partial charge in [-0.1, -0.05) is 115 Å². The van der Waals surface area contributed by atoms with Gasteiger partial charge in [0.25, 0.3) is 0 Å². The van der Waals surface area contributed by atoms with Crippen LogP contribution in [0.3, 0.4) is 0 Å². The second-order valence-corrected chi connectivity index (χ2v) is 9.93. The zero-order chi connectivity index (χ0) is 24.6. The number of rotatable bonds is 17. The molecule has 188 valence electrons. The highest BCUT2D eigenvalue weighted by molar-refractivity contribution is 5.65. The zero-order valence-electron chi connectivity index (χ0n) is 22.1. The van der Waals surface area contributed by atoms with Gasteiger partial charge in [-0.3, -0.25) is 4.98 Å². The highest BCUT2D eigenvalue weighted by atomic mass is 14.9. The molecule has 0 spiro atoms. The summed E-state index contributed by atoms with van der Waals surface area (Å²) in [6, 6.07) is 12.8. The molecule has 0 aliphatic carbocycles. The lowest BCUT2D eigenvalue weighted by atomic mass is 10.0. The molecule has 0 unspecified atom stereocenters. The van der Waals surface area contributed by atoms with Gasteiger partial charge in [-0.2, -0.15) is 0 Å². The maximum atomic E-state index is 4.73. The van der Waals surface area contributed by atoms with Crippen LogP contribution >= 0.6 is 0 Å². The van der Waals surface area contributed by atoms with Crippen molar-refractivity contribution in [1.82, 2.24) is 15.0 Å². The lowest BCUT2D eigenvalue weighted by Gasteiger charge is -2.06. The number of hydrogen-bond acceptors (Lipinski definition) is 3. The third-order valence-electron chi connectivity index (χ3n) is 6.86. The summed E-state index contributed by atoms with van der Waals surface area (Å²) in [4.78, 5) is 14.0. The number of pyridine rings is 1. The fourth-order valence-corrected chi connectivity index (χ4v) is 4.56. The smallest absolute Gasteiger partial charge is 0.159 e. The van der Waals surface area contributed by atoms with Crippen LogP contribution in [0.2, 0.25) is 0 Å². The number of aryl methyl sites for hydroxylation is 2. The van der Waals surface area contributed by atoms with Gasteiger partial charge in [0.05, 0.1) is 5.69 Å². The molecule has 0 saturated heterocycles. The zero-order valence-corrected chi connectivity index (χ0v) is 22.1. The van der Waals surface area contributed by atoms with Crippen LogP contribution in [0, 0.1) is 0 Å². The average Bonchev–Trinajstić information content (AvgIpc) is 2.91. The third kappa shape index (κ3) is 9.92. The Balaban J connectivity index is 1.43. The Bertz CT molecular complexity index is 930. The average molecular weight is 472 g/mol. The van der Waals surface area contributed by atoms with E-state index >= 15 is 0 Å². The van der Waals surface area contributed by atoms with Gasteiger partial charge in [0.15, 0.2) is 5.82 Å². The first-order chi connectivity index (χ1) is 17.3. The second-order valence-electron chi connectivity index (χ2n) is 9.93. The lowest BCUT2D eigenvalue weighted by molar-refractivity contribution is 0.575. The normalized spacial score (nSPS) is 11.1. The molecule has 35 heavy (non-hydrogen) atoms. The number of nitrogens with zero attached hydrogens (tertiary/aromatic N) is 3. The van der Waals surface area contributed by atoms with Crippen molar-refractivity contribution in [3.63, 3.8) is 0 Å². The van der Waals surface area contributed by atoms with Crippen molar-refractivity contribution in [2.75, 3.05) is 0 Å². The van der Waals surface area contributed by atoms with Crippen molar-refractivity contribution < 1.29 is 0 Å². The number of unbranched alkanes of at least 4 members (excludes halogenated alkanes) is 11. The molecule has 0 fully saturated rings. The maximum Gasteiger partial charge on any atom is 0.159 e. The Morgan fingerprint density at radius 1 is 0.457 bits per heavy atom. The molecular formula is C32H45N3. The van der Waals surface area contributed by atoms with E-state index in [2.05, 4.69) is 66.4 Å². The molecule has 0 amide bonds. The first-order valence-corrected chi connectivity index (χ1v) is 14.2. The summed E-state index contributed by atoms with van der Waals surface area (Å²) in [7, 11) is 0. The van der Waals surface area contributed by atoms with E-state index in [4.69, 9.17) is 4.98 Å². The van der Waals surface area contributed by atoms with Crippen molar-refractivity contribution in [3.05, 3.63) is 66.1 Å². The summed E-state index contributed by atoms with van der Waals surface area (Å²) >= 11 is 0. The van der Waals surface area contributed by atoms with Gasteiger partial charge >= 0.3 is 0 Å². The van der Waals surface area contributed by atoms with Crippen LogP contribution in [-0.2, 0) is 12.8 Å². The van der Waals surface area contributed by atoms with Gasteiger partial charge in [-0.25, -0.2) is 9.97 Å². The molecule has 0 bridgehead atoms. The van der Waals surface area contributed by atoms with Crippen LogP contribution in [-0.4, -0.2) is 15.0 Å². The SMILES string of the molecule is CCCCCCCCCCc1ccc(-c2ccc(-c3ncc(CCCCCCC)cn3)cc2)nc1. The molecule has 1 aromatic carbocycles. The molecule has 3 rings (SSSR count). The highest BCUT2D eigenvalue weighted by Crippen LogP contribution is 2.22. The third-order valence-corrected chi connectivity index (χ3v) is 6.86. The van der Waals surface area contributed by atoms with E-state index in [9.17, 15) is 0 Å². The van der Waals surface area contributed by atoms with Crippen LogP contribution < -0.4 is 0 Å². The minimum atomic E-state index is 0.792. The molecule has 0 N–H and O–H groups in total. The molecule has 0 aliphatic heterocycles. The van der Waals surface area contributed by atoms with E-state index in [0.717, 1.165) is 35.5 Å². The number of aromatic nitrogens is 3. The fourth-order valence-electron chi connectivity index (χ4n) is 4.56. The van der Waals surface area contributed by atoms with Crippen molar-refractivity contribution in [3.8, 4) is 22.6 Å². The molecule has 3 heteroatoms. The number of hydrogen-bond donors (Lipinski definition) is 0. The quantitative estimate of drug-likeness (QED) is 0.184. The first-order valence-electron chi connectivity index (χ1n) is 14.2. The van der Waals surface area contributed by atoms with Crippen molar-refractivity contribution in [2.24, 2.45) is 0 Å². The van der Waals surface area contributed by atoms with E-state index < -0.39 is 0 Å². The molecule has 0 saturated carbocycles. The van der Waals surface area contributed by atoms with Gasteiger partial charge in [0.2, 0.25) is 0 Å². The van der Waals surface area contributed by atoms with E-state index in [-0.39, 0.29) is 0 Å². The lowest BCUT2D eigenvalue weighted by Crippen LogP contribution is -1.94.